The predicted octanol–water partition coefficient (Wildman–Crippen LogP) is 5.38. The van der Waals surface area contributed by atoms with Gasteiger partial charge in [-0.15, -0.1) is 23.1 Å². The smallest absolute Gasteiger partial charge is 0.271 e. The van der Waals surface area contributed by atoms with Crippen molar-refractivity contribution in [2.75, 3.05) is 10.7 Å². The normalized spacial score (nSPS) is 18.6. The van der Waals surface area contributed by atoms with E-state index in [4.69, 9.17) is 5.73 Å². The van der Waals surface area contributed by atoms with E-state index in [1.165, 1.54) is 12.1 Å². The van der Waals surface area contributed by atoms with Crippen molar-refractivity contribution in [2.24, 2.45) is 5.73 Å². The summed E-state index contributed by atoms with van der Waals surface area (Å²) in [5.74, 6) is 0.593. The number of allylic oxidation sites excluding steroid dienone is 3. The van der Waals surface area contributed by atoms with E-state index in [9.17, 15) is 20.2 Å². The van der Waals surface area contributed by atoms with E-state index >= 15 is 0 Å². The first-order valence-electron chi connectivity index (χ1n) is 10.3. The fourth-order valence-electron chi connectivity index (χ4n) is 4.39. The lowest BCUT2D eigenvalue weighted by molar-refractivity contribution is -0.384. The van der Waals surface area contributed by atoms with Gasteiger partial charge >= 0.3 is 0 Å². The first-order chi connectivity index (χ1) is 15.4. The van der Waals surface area contributed by atoms with Gasteiger partial charge in [-0.1, -0.05) is 13.0 Å². The number of nitro benzene ring substituents is 1. The lowest BCUT2D eigenvalue weighted by Crippen LogP contribution is -2.39. The van der Waals surface area contributed by atoms with Crippen LogP contribution in [0.1, 0.15) is 43.2 Å². The van der Waals surface area contributed by atoms with Gasteiger partial charge < -0.3 is 5.73 Å². The molecule has 0 spiro atoms. The lowest BCUT2D eigenvalue weighted by Gasteiger charge is -2.40. The zero-order chi connectivity index (χ0) is 23.0. The first kappa shape index (κ1) is 22.1. The summed E-state index contributed by atoms with van der Waals surface area (Å²) in [6.45, 7) is 3.90. The van der Waals surface area contributed by atoms with Gasteiger partial charge in [0.2, 0.25) is 0 Å². The summed E-state index contributed by atoms with van der Waals surface area (Å²) in [5, 5.41) is 23.5. The number of hydrogen-bond donors (Lipinski definition) is 1. The number of anilines is 1. The number of Topliss-reactive ketones (excluding diaryl/α,β-unsaturated/α-hetero) is 1. The SMILES string of the molecule is CCSc1sccc1[C@H]1C(C#N)=C(N)N(c2cc([N+](=O)[O-])ccc2C)C2=C1C(=O)CCC2. The summed E-state index contributed by atoms with van der Waals surface area (Å²) < 4.78 is 1.07. The predicted molar refractivity (Wildman–Crippen MR) is 126 cm³/mol. The standard InChI is InChI=1S/C23H22N4O3S2/c1-3-31-23-15(9-10-32-23)20-16(12-24)22(25)26(17-5-4-6-19(28)21(17)20)18-11-14(27(29)30)8-7-13(18)2/h7-11,20H,3-6,25H2,1-2H3/t20-/m0/s1. The Morgan fingerprint density at radius 2 is 2.16 bits per heavy atom. The molecule has 1 aromatic heterocycles. The number of hydrogen-bond acceptors (Lipinski definition) is 8. The third-order valence-electron chi connectivity index (χ3n) is 5.80. The number of aryl methyl sites for hydroxylation is 1. The highest BCUT2D eigenvalue weighted by atomic mass is 32.2. The van der Waals surface area contributed by atoms with Crippen molar-refractivity contribution >= 4 is 40.3 Å². The van der Waals surface area contributed by atoms with Crippen molar-refractivity contribution in [3.05, 3.63) is 73.6 Å². The van der Waals surface area contributed by atoms with Crippen LogP contribution in [-0.4, -0.2) is 16.5 Å². The Kier molecular flexibility index (Phi) is 6.09. The average molecular weight is 467 g/mol. The molecule has 9 heteroatoms. The molecule has 4 rings (SSSR count). The van der Waals surface area contributed by atoms with Crippen LogP contribution in [0.25, 0.3) is 0 Å². The molecule has 1 atom stereocenters. The number of ketones is 1. The Labute approximate surface area is 194 Å². The highest BCUT2D eigenvalue weighted by Crippen LogP contribution is 2.49. The van der Waals surface area contributed by atoms with Crippen LogP contribution in [0.4, 0.5) is 11.4 Å². The number of rotatable bonds is 5. The minimum atomic E-state index is -0.515. The molecule has 0 unspecified atom stereocenters. The van der Waals surface area contributed by atoms with Gasteiger partial charge in [0.15, 0.2) is 5.78 Å². The van der Waals surface area contributed by atoms with Crippen molar-refractivity contribution < 1.29 is 9.72 Å². The molecule has 0 bridgehead atoms. The van der Waals surface area contributed by atoms with Crippen LogP contribution in [0, 0.1) is 28.4 Å². The number of carbonyl (C=O) groups excluding carboxylic acids is 1. The maximum atomic E-state index is 13.2. The van der Waals surface area contributed by atoms with E-state index in [2.05, 4.69) is 13.0 Å². The Balaban J connectivity index is 1.98. The second-order valence-corrected chi connectivity index (χ2v) is 10.1. The van der Waals surface area contributed by atoms with Gasteiger partial charge in [0.05, 0.1) is 32.4 Å². The molecule has 2 heterocycles. The molecule has 7 nitrogen and oxygen atoms in total. The molecular formula is C23H22N4O3S2. The molecular weight excluding hydrogens is 444 g/mol. The number of nitriles is 1. The Morgan fingerprint density at radius 3 is 2.84 bits per heavy atom. The van der Waals surface area contributed by atoms with Gasteiger partial charge in [0.1, 0.15) is 5.82 Å². The molecule has 0 radical (unpaired) electrons. The third-order valence-corrected chi connectivity index (χ3v) is 7.95. The zero-order valence-corrected chi connectivity index (χ0v) is 19.4. The van der Waals surface area contributed by atoms with Crippen LogP contribution >= 0.6 is 23.1 Å². The van der Waals surface area contributed by atoms with Gasteiger partial charge in [-0.3, -0.25) is 19.8 Å². The monoisotopic (exact) mass is 466 g/mol. The lowest BCUT2D eigenvalue weighted by atomic mass is 9.76. The number of carbonyl (C=O) groups is 1. The van der Waals surface area contributed by atoms with Gasteiger partial charge in [-0.05, 0) is 48.1 Å². The minimum Gasteiger partial charge on any atom is -0.384 e. The van der Waals surface area contributed by atoms with Crippen LogP contribution in [0.3, 0.4) is 0 Å². The molecule has 2 aromatic rings. The molecule has 32 heavy (non-hydrogen) atoms. The van der Waals surface area contributed by atoms with Gasteiger partial charge in [0, 0.05) is 29.8 Å². The van der Waals surface area contributed by atoms with E-state index in [0.717, 1.165) is 26.8 Å². The van der Waals surface area contributed by atoms with E-state index in [0.29, 0.717) is 36.1 Å². The maximum absolute atomic E-state index is 13.2. The number of nitrogens with two attached hydrogens (primary N) is 1. The highest BCUT2D eigenvalue weighted by molar-refractivity contribution is 8.01. The zero-order valence-electron chi connectivity index (χ0n) is 17.8. The molecule has 2 N–H and O–H groups in total. The van der Waals surface area contributed by atoms with Crippen LogP contribution in [0.2, 0.25) is 0 Å². The Hall–Kier alpha value is -3.09. The van der Waals surface area contributed by atoms with Crippen LogP contribution < -0.4 is 10.6 Å². The third kappa shape index (κ3) is 3.59. The number of nitro groups is 1. The van der Waals surface area contributed by atoms with Crippen LogP contribution in [0.15, 0.2) is 56.5 Å². The molecule has 0 amide bonds. The second-order valence-electron chi connectivity index (χ2n) is 7.64. The summed E-state index contributed by atoms with van der Waals surface area (Å²) in [5.41, 5.74) is 10.4. The summed E-state index contributed by atoms with van der Waals surface area (Å²) in [6.07, 6.45) is 1.69. The van der Waals surface area contributed by atoms with Gasteiger partial charge in [-0.2, -0.15) is 5.26 Å². The number of benzene rings is 1. The molecule has 1 aromatic carbocycles. The maximum Gasteiger partial charge on any atom is 0.271 e. The molecule has 0 saturated heterocycles. The van der Waals surface area contributed by atoms with Crippen LogP contribution in [0.5, 0.6) is 0 Å². The topological polar surface area (TPSA) is 113 Å². The molecule has 164 valence electrons. The number of thioether (sulfide) groups is 1. The Morgan fingerprint density at radius 1 is 1.38 bits per heavy atom. The van der Waals surface area contributed by atoms with Crippen molar-refractivity contribution in [1.29, 1.82) is 5.26 Å². The average Bonchev–Trinajstić information content (AvgIpc) is 3.22. The van der Waals surface area contributed by atoms with Crippen molar-refractivity contribution in [2.45, 2.75) is 43.2 Å². The quantitative estimate of drug-likeness (QED) is 0.357. The second kappa shape index (κ2) is 8.81. The van der Waals surface area contributed by atoms with Crippen molar-refractivity contribution in [3.63, 3.8) is 0 Å². The van der Waals surface area contributed by atoms with Gasteiger partial charge in [0.25, 0.3) is 5.69 Å². The van der Waals surface area contributed by atoms with E-state index < -0.39 is 10.8 Å². The van der Waals surface area contributed by atoms with Gasteiger partial charge in [-0.25, -0.2) is 0 Å². The molecule has 1 aliphatic carbocycles. The molecule has 1 aliphatic heterocycles. The fraction of sp³-hybridized carbons (Fsp3) is 0.304. The Bertz CT molecular complexity index is 1220. The van der Waals surface area contributed by atoms with E-state index in [1.54, 1.807) is 34.1 Å². The summed E-state index contributed by atoms with van der Waals surface area (Å²) in [4.78, 5) is 25.9. The first-order valence-corrected chi connectivity index (χ1v) is 12.2. The summed E-state index contributed by atoms with van der Waals surface area (Å²) in [6, 6.07) is 8.80. The van der Waals surface area contributed by atoms with Crippen LogP contribution in [-0.2, 0) is 4.79 Å². The van der Waals surface area contributed by atoms with Crippen molar-refractivity contribution in [1.82, 2.24) is 0 Å². The fourth-order valence-corrected chi connectivity index (χ4v) is 6.46. The summed E-state index contributed by atoms with van der Waals surface area (Å²) >= 11 is 3.28. The summed E-state index contributed by atoms with van der Waals surface area (Å²) in [7, 11) is 0. The minimum absolute atomic E-state index is 0.00299. The number of thiophene rings is 1. The van der Waals surface area contributed by atoms with E-state index in [1.807, 2.05) is 18.4 Å². The highest BCUT2D eigenvalue weighted by Gasteiger charge is 2.41. The number of non-ortho nitro benzene ring substituents is 1. The molecule has 2 aliphatic rings. The molecule has 0 fully saturated rings. The largest absolute Gasteiger partial charge is 0.384 e. The number of nitrogens with zero attached hydrogens (tertiary/aromatic N) is 3. The molecule has 0 saturated carbocycles. The van der Waals surface area contributed by atoms with Crippen molar-refractivity contribution in [3.8, 4) is 6.07 Å². The van der Waals surface area contributed by atoms with E-state index in [-0.39, 0.29) is 17.3 Å².